The van der Waals surface area contributed by atoms with Gasteiger partial charge in [-0.3, -0.25) is 4.79 Å². The van der Waals surface area contributed by atoms with Crippen LogP contribution in [0.15, 0.2) is 54.6 Å². The van der Waals surface area contributed by atoms with Gasteiger partial charge in [-0.1, -0.05) is 42.5 Å². The molecule has 4 heteroatoms. The van der Waals surface area contributed by atoms with Gasteiger partial charge in [0.2, 0.25) is 0 Å². The molecule has 0 heterocycles. The number of carbonyl (C=O) groups excluding carboxylic acids is 1. The zero-order valence-corrected chi connectivity index (χ0v) is 15.3. The van der Waals surface area contributed by atoms with Crippen molar-refractivity contribution in [3.63, 3.8) is 0 Å². The average molecular weight is 340 g/mol. The van der Waals surface area contributed by atoms with Crippen LogP contribution in [0.4, 0.5) is 0 Å². The molecule has 25 heavy (non-hydrogen) atoms. The van der Waals surface area contributed by atoms with Gasteiger partial charge in [0.15, 0.2) is 0 Å². The molecule has 134 valence electrons. The Hall–Kier alpha value is -2.17. The maximum Gasteiger partial charge on any atom is 0.253 e. The largest absolute Gasteiger partial charge is 0.387 e. The Balaban J connectivity index is 1.76. The van der Waals surface area contributed by atoms with Crippen LogP contribution in [0.3, 0.4) is 0 Å². The third-order valence-corrected chi connectivity index (χ3v) is 4.32. The number of carbonyl (C=O) groups is 1. The Morgan fingerprint density at radius 2 is 1.72 bits per heavy atom. The van der Waals surface area contributed by atoms with Crippen LogP contribution in [-0.2, 0) is 6.42 Å². The number of rotatable bonds is 8. The van der Waals surface area contributed by atoms with Crippen molar-refractivity contribution in [2.75, 3.05) is 20.6 Å². The summed E-state index contributed by atoms with van der Waals surface area (Å²) < 4.78 is 0. The Bertz CT molecular complexity index is 653. The SMILES string of the molecule is CC(CCc1ccc(C(=O)N(C)C)cc1)NCC(O)c1ccccc1. The Morgan fingerprint density at radius 1 is 1.08 bits per heavy atom. The molecular formula is C21H28N2O2. The predicted octanol–water partition coefficient (Wildman–Crippen LogP) is 3.03. The molecule has 1 amide bonds. The number of benzene rings is 2. The highest BCUT2D eigenvalue weighted by Crippen LogP contribution is 2.12. The topological polar surface area (TPSA) is 52.6 Å². The fraction of sp³-hybridized carbons (Fsp3) is 0.381. The molecule has 0 aromatic heterocycles. The van der Waals surface area contributed by atoms with Crippen LogP contribution in [-0.4, -0.2) is 42.6 Å². The minimum absolute atomic E-state index is 0.0245. The van der Waals surface area contributed by atoms with Crippen molar-refractivity contribution >= 4 is 5.91 Å². The van der Waals surface area contributed by atoms with Gasteiger partial charge in [-0.05, 0) is 43.0 Å². The van der Waals surface area contributed by atoms with E-state index in [-0.39, 0.29) is 5.91 Å². The van der Waals surface area contributed by atoms with Gasteiger partial charge in [-0.25, -0.2) is 0 Å². The number of amides is 1. The summed E-state index contributed by atoms with van der Waals surface area (Å²) in [6.07, 6.45) is 1.43. The van der Waals surface area contributed by atoms with Crippen LogP contribution < -0.4 is 5.32 Å². The maximum atomic E-state index is 11.9. The predicted molar refractivity (Wildman–Crippen MR) is 102 cm³/mol. The Labute approximate surface area is 150 Å². The number of aliphatic hydroxyl groups is 1. The zero-order chi connectivity index (χ0) is 18.2. The molecule has 0 spiro atoms. The summed E-state index contributed by atoms with van der Waals surface area (Å²) in [5, 5.41) is 13.6. The fourth-order valence-corrected chi connectivity index (χ4v) is 2.66. The number of nitrogens with zero attached hydrogens (tertiary/aromatic N) is 1. The molecule has 0 aliphatic rings. The highest BCUT2D eigenvalue weighted by Gasteiger charge is 2.10. The van der Waals surface area contributed by atoms with E-state index in [9.17, 15) is 9.90 Å². The van der Waals surface area contributed by atoms with Crippen LogP contribution in [0.2, 0.25) is 0 Å². The van der Waals surface area contributed by atoms with E-state index in [4.69, 9.17) is 0 Å². The second kappa shape index (κ2) is 9.35. The number of aryl methyl sites for hydroxylation is 1. The lowest BCUT2D eigenvalue weighted by Gasteiger charge is -2.17. The zero-order valence-electron chi connectivity index (χ0n) is 15.3. The third kappa shape index (κ3) is 6.00. The molecule has 0 radical (unpaired) electrons. The molecule has 4 nitrogen and oxygen atoms in total. The Kier molecular flexibility index (Phi) is 7.16. The number of nitrogens with one attached hydrogen (secondary N) is 1. The monoisotopic (exact) mass is 340 g/mol. The number of hydrogen-bond acceptors (Lipinski definition) is 3. The van der Waals surface area contributed by atoms with Crippen molar-refractivity contribution in [3.05, 3.63) is 71.3 Å². The van der Waals surface area contributed by atoms with Gasteiger partial charge in [0.25, 0.3) is 5.91 Å². The first kappa shape index (κ1) is 19.2. The van der Waals surface area contributed by atoms with Gasteiger partial charge in [0.05, 0.1) is 6.10 Å². The number of hydrogen-bond donors (Lipinski definition) is 2. The van der Waals surface area contributed by atoms with Crippen molar-refractivity contribution in [1.29, 1.82) is 0 Å². The molecule has 0 aliphatic heterocycles. The minimum Gasteiger partial charge on any atom is -0.387 e. The molecule has 0 aliphatic carbocycles. The van der Waals surface area contributed by atoms with E-state index in [0.29, 0.717) is 18.2 Å². The average Bonchev–Trinajstić information content (AvgIpc) is 2.64. The minimum atomic E-state index is -0.486. The summed E-state index contributed by atoms with van der Waals surface area (Å²) in [6, 6.07) is 17.8. The first-order valence-electron chi connectivity index (χ1n) is 8.74. The van der Waals surface area contributed by atoms with Crippen LogP contribution in [0.1, 0.15) is 40.9 Å². The quantitative estimate of drug-likeness (QED) is 0.777. The summed E-state index contributed by atoms with van der Waals surface area (Å²) in [5.74, 6) is 0.0245. The fourth-order valence-electron chi connectivity index (χ4n) is 2.66. The van der Waals surface area contributed by atoms with Gasteiger partial charge in [0, 0.05) is 32.2 Å². The van der Waals surface area contributed by atoms with Crippen LogP contribution >= 0.6 is 0 Å². The smallest absolute Gasteiger partial charge is 0.253 e. The van der Waals surface area contributed by atoms with Crippen molar-refractivity contribution in [3.8, 4) is 0 Å². The molecule has 0 saturated heterocycles. The summed E-state index contributed by atoms with van der Waals surface area (Å²) >= 11 is 0. The van der Waals surface area contributed by atoms with E-state index in [0.717, 1.165) is 18.4 Å². The van der Waals surface area contributed by atoms with E-state index in [1.54, 1.807) is 19.0 Å². The van der Waals surface area contributed by atoms with Gasteiger partial charge < -0.3 is 15.3 Å². The highest BCUT2D eigenvalue weighted by molar-refractivity contribution is 5.93. The van der Waals surface area contributed by atoms with Crippen LogP contribution in [0.5, 0.6) is 0 Å². The van der Waals surface area contributed by atoms with Crippen molar-refractivity contribution in [2.24, 2.45) is 0 Å². The van der Waals surface area contributed by atoms with Crippen LogP contribution in [0, 0.1) is 0 Å². The second-order valence-electron chi connectivity index (χ2n) is 6.67. The van der Waals surface area contributed by atoms with E-state index in [2.05, 4.69) is 12.2 Å². The lowest BCUT2D eigenvalue weighted by molar-refractivity contribution is 0.0827. The molecule has 2 N–H and O–H groups in total. The maximum absolute atomic E-state index is 11.9. The molecular weight excluding hydrogens is 312 g/mol. The summed E-state index contributed by atoms with van der Waals surface area (Å²) in [4.78, 5) is 13.5. The highest BCUT2D eigenvalue weighted by atomic mass is 16.3. The van der Waals surface area contributed by atoms with Gasteiger partial charge in [-0.15, -0.1) is 0 Å². The molecule has 2 atom stereocenters. The first-order chi connectivity index (χ1) is 12.0. The second-order valence-corrected chi connectivity index (χ2v) is 6.67. The molecule has 0 bridgehead atoms. The van der Waals surface area contributed by atoms with Gasteiger partial charge in [0.1, 0.15) is 0 Å². The molecule has 2 unspecified atom stereocenters. The Morgan fingerprint density at radius 3 is 2.32 bits per heavy atom. The normalized spacial score (nSPS) is 13.3. The molecule has 0 saturated carbocycles. The molecule has 0 fully saturated rings. The summed E-state index contributed by atoms with van der Waals surface area (Å²) in [6.45, 7) is 2.67. The standard InChI is InChI=1S/C21H28N2O2/c1-16(22-15-20(24)18-7-5-4-6-8-18)9-10-17-11-13-19(14-12-17)21(25)23(2)3/h4-8,11-14,16,20,22,24H,9-10,15H2,1-3H3. The van der Waals surface area contributed by atoms with E-state index < -0.39 is 6.10 Å². The number of aliphatic hydroxyl groups excluding tert-OH is 1. The molecule has 2 aromatic rings. The lowest BCUT2D eigenvalue weighted by Crippen LogP contribution is -2.30. The third-order valence-electron chi connectivity index (χ3n) is 4.32. The lowest BCUT2D eigenvalue weighted by atomic mass is 10.0. The van der Waals surface area contributed by atoms with Crippen molar-refractivity contribution in [2.45, 2.75) is 31.9 Å². The van der Waals surface area contributed by atoms with Crippen molar-refractivity contribution in [1.82, 2.24) is 10.2 Å². The first-order valence-corrected chi connectivity index (χ1v) is 8.74. The van der Waals surface area contributed by atoms with Crippen molar-refractivity contribution < 1.29 is 9.90 Å². The van der Waals surface area contributed by atoms with E-state index in [1.807, 2.05) is 54.6 Å². The van der Waals surface area contributed by atoms with E-state index >= 15 is 0 Å². The van der Waals surface area contributed by atoms with Gasteiger partial charge >= 0.3 is 0 Å². The summed E-state index contributed by atoms with van der Waals surface area (Å²) in [5.41, 5.74) is 2.86. The molecule has 2 rings (SSSR count). The van der Waals surface area contributed by atoms with Gasteiger partial charge in [-0.2, -0.15) is 0 Å². The molecule has 2 aromatic carbocycles. The summed E-state index contributed by atoms with van der Waals surface area (Å²) in [7, 11) is 3.51. The van der Waals surface area contributed by atoms with Crippen LogP contribution in [0.25, 0.3) is 0 Å². The van der Waals surface area contributed by atoms with E-state index in [1.165, 1.54) is 5.56 Å².